The highest BCUT2D eigenvalue weighted by atomic mass is 32.2. The van der Waals surface area contributed by atoms with Gasteiger partial charge >= 0.3 is 5.97 Å². The SMILES string of the molecule is CCCCCCCCCCSC[C@@H]1[C@H](CC=CCCCC(=O)O)[C@H]2O[C@@H]1[C@H]1O[C@H]12. The molecule has 0 unspecified atom stereocenters. The first-order chi connectivity index (χ1) is 14.2. The van der Waals surface area contributed by atoms with Gasteiger partial charge in [0.15, 0.2) is 0 Å². The summed E-state index contributed by atoms with van der Waals surface area (Å²) in [6.07, 6.45) is 19.7. The van der Waals surface area contributed by atoms with Crippen molar-refractivity contribution in [2.45, 2.75) is 108 Å². The number of hydrogen-bond acceptors (Lipinski definition) is 4. The van der Waals surface area contributed by atoms with Gasteiger partial charge in [0.05, 0.1) is 12.2 Å². The van der Waals surface area contributed by atoms with Crippen molar-refractivity contribution in [2.75, 3.05) is 11.5 Å². The number of carboxylic acids is 1. The van der Waals surface area contributed by atoms with Crippen LogP contribution in [-0.4, -0.2) is 47.0 Å². The fraction of sp³-hybridized carbons (Fsp3) is 0.875. The third-order valence-corrected chi connectivity index (χ3v) is 7.90. The van der Waals surface area contributed by atoms with Crippen LogP contribution in [0.4, 0.5) is 0 Å². The predicted octanol–water partition coefficient (Wildman–Crippen LogP) is 5.84. The van der Waals surface area contributed by atoms with Crippen molar-refractivity contribution < 1.29 is 19.4 Å². The molecule has 5 heteroatoms. The molecule has 0 aromatic heterocycles. The molecule has 3 aliphatic rings. The Labute approximate surface area is 181 Å². The molecule has 0 spiro atoms. The van der Waals surface area contributed by atoms with Crippen molar-refractivity contribution in [1.82, 2.24) is 0 Å². The monoisotopic (exact) mass is 424 g/mol. The smallest absolute Gasteiger partial charge is 0.303 e. The van der Waals surface area contributed by atoms with Crippen molar-refractivity contribution >= 4 is 17.7 Å². The molecule has 0 aliphatic carbocycles. The largest absolute Gasteiger partial charge is 0.481 e. The van der Waals surface area contributed by atoms with E-state index in [2.05, 4.69) is 30.8 Å². The number of thioether (sulfide) groups is 1. The van der Waals surface area contributed by atoms with Crippen LogP contribution in [0.5, 0.6) is 0 Å². The van der Waals surface area contributed by atoms with Crippen LogP contribution in [0.25, 0.3) is 0 Å². The van der Waals surface area contributed by atoms with Gasteiger partial charge in [0.2, 0.25) is 0 Å². The van der Waals surface area contributed by atoms with E-state index in [4.69, 9.17) is 14.6 Å². The number of carboxylic acid groups (broad SMARTS) is 1. The zero-order valence-corrected chi connectivity index (χ0v) is 18.9. The average Bonchev–Trinajstić information content (AvgIpc) is 3.33. The molecule has 0 saturated carbocycles. The van der Waals surface area contributed by atoms with Crippen molar-refractivity contribution in [2.24, 2.45) is 11.8 Å². The Balaban J connectivity index is 1.28. The van der Waals surface area contributed by atoms with E-state index in [9.17, 15) is 4.79 Å². The number of ether oxygens (including phenoxy) is 2. The number of unbranched alkanes of at least 4 members (excludes halogenated alkanes) is 8. The van der Waals surface area contributed by atoms with Crippen molar-refractivity contribution in [1.29, 1.82) is 0 Å². The summed E-state index contributed by atoms with van der Waals surface area (Å²) in [4.78, 5) is 10.6. The van der Waals surface area contributed by atoms with Crippen LogP contribution >= 0.6 is 11.8 Å². The van der Waals surface area contributed by atoms with Gasteiger partial charge in [0.1, 0.15) is 12.2 Å². The van der Waals surface area contributed by atoms with E-state index in [1.165, 1.54) is 62.9 Å². The van der Waals surface area contributed by atoms with E-state index in [0.29, 0.717) is 36.3 Å². The molecule has 3 fully saturated rings. The molecular formula is C24H40O4S. The summed E-state index contributed by atoms with van der Waals surface area (Å²) in [7, 11) is 0. The topological polar surface area (TPSA) is 59.1 Å². The summed E-state index contributed by atoms with van der Waals surface area (Å²) in [6.45, 7) is 2.28. The minimum atomic E-state index is -0.703. The second kappa shape index (κ2) is 12.4. The number of rotatable bonds is 17. The Morgan fingerprint density at radius 2 is 1.52 bits per heavy atom. The minimum Gasteiger partial charge on any atom is -0.481 e. The van der Waals surface area contributed by atoms with Crippen LogP contribution in [-0.2, 0) is 14.3 Å². The van der Waals surface area contributed by atoms with E-state index in [1.54, 1.807) is 0 Å². The summed E-state index contributed by atoms with van der Waals surface area (Å²) < 4.78 is 12.1. The van der Waals surface area contributed by atoms with Crippen LogP contribution < -0.4 is 0 Å². The van der Waals surface area contributed by atoms with Crippen LogP contribution in [0.3, 0.4) is 0 Å². The third kappa shape index (κ3) is 7.00. The number of carbonyl (C=O) groups is 1. The zero-order valence-electron chi connectivity index (χ0n) is 18.1. The Bertz CT molecular complexity index is 523. The lowest BCUT2D eigenvalue weighted by atomic mass is 9.78. The first-order valence-corrected chi connectivity index (χ1v) is 13.1. The summed E-state index contributed by atoms with van der Waals surface area (Å²) in [6, 6.07) is 0. The fourth-order valence-electron chi connectivity index (χ4n) is 5.00. The average molecular weight is 425 g/mol. The maximum atomic E-state index is 10.6. The molecule has 3 rings (SSSR count). The second-order valence-corrected chi connectivity index (χ2v) is 10.2. The Kier molecular flexibility index (Phi) is 9.87. The lowest BCUT2D eigenvalue weighted by molar-refractivity contribution is -0.137. The van der Waals surface area contributed by atoms with Gasteiger partial charge < -0.3 is 14.6 Å². The first kappa shape index (κ1) is 23.1. The molecule has 3 aliphatic heterocycles. The van der Waals surface area contributed by atoms with Gasteiger partial charge in [-0.25, -0.2) is 0 Å². The van der Waals surface area contributed by atoms with Gasteiger partial charge in [-0.2, -0.15) is 11.8 Å². The predicted molar refractivity (Wildman–Crippen MR) is 119 cm³/mol. The van der Waals surface area contributed by atoms with Crippen molar-refractivity contribution in [3.05, 3.63) is 12.2 Å². The van der Waals surface area contributed by atoms with Crippen LogP contribution in [0.2, 0.25) is 0 Å². The second-order valence-electron chi connectivity index (χ2n) is 9.00. The van der Waals surface area contributed by atoms with Gasteiger partial charge in [-0.1, -0.05) is 64.0 Å². The molecule has 0 aromatic rings. The standard InChI is InChI=1S/C24H40O4S/c1-2-3-4-5-6-7-10-13-16-29-17-19-18(14-11-8-9-12-15-20(25)26)21-23-24(28-23)22(19)27-21/h8,11,18-19,21-24H,2-7,9-10,12-17H2,1H3,(H,25,26)/t18-,19+,21+,22-,23-,24+/m0/s1. The number of epoxide rings is 1. The third-order valence-electron chi connectivity index (χ3n) is 6.71. The lowest BCUT2D eigenvalue weighted by Crippen LogP contribution is -2.34. The highest BCUT2D eigenvalue weighted by molar-refractivity contribution is 7.99. The minimum absolute atomic E-state index is 0.261. The number of hydrogen-bond donors (Lipinski definition) is 1. The molecule has 3 saturated heterocycles. The Morgan fingerprint density at radius 3 is 2.24 bits per heavy atom. The molecule has 0 radical (unpaired) electrons. The highest BCUT2D eigenvalue weighted by Gasteiger charge is 2.68. The Hall–Kier alpha value is -0.520. The molecule has 6 atom stereocenters. The van der Waals surface area contributed by atoms with Gasteiger partial charge in [-0.3, -0.25) is 4.79 Å². The maximum Gasteiger partial charge on any atom is 0.303 e. The summed E-state index contributed by atoms with van der Waals surface area (Å²) >= 11 is 2.11. The van der Waals surface area contributed by atoms with Gasteiger partial charge in [0, 0.05) is 12.3 Å². The molecule has 1 N–H and O–H groups in total. The maximum absolute atomic E-state index is 10.6. The molecular weight excluding hydrogens is 384 g/mol. The van der Waals surface area contributed by atoms with Gasteiger partial charge in [-0.05, 0) is 43.1 Å². The van der Waals surface area contributed by atoms with Gasteiger partial charge in [0.25, 0.3) is 0 Å². The van der Waals surface area contributed by atoms with Crippen LogP contribution in [0.1, 0.15) is 84.0 Å². The molecule has 0 amide bonds. The summed E-state index contributed by atoms with van der Waals surface area (Å²) in [5.41, 5.74) is 0. The normalized spacial score (nSPS) is 32.2. The van der Waals surface area contributed by atoms with Crippen LogP contribution in [0, 0.1) is 11.8 Å². The molecule has 3 heterocycles. The molecule has 0 aromatic carbocycles. The zero-order chi connectivity index (χ0) is 20.5. The van der Waals surface area contributed by atoms with E-state index in [-0.39, 0.29) is 6.42 Å². The molecule has 29 heavy (non-hydrogen) atoms. The van der Waals surface area contributed by atoms with Crippen molar-refractivity contribution in [3.8, 4) is 0 Å². The molecule has 166 valence electrons. The van der Waals surface area contributed by atoms with E-state index >= 15 is 0 Å². The molecule has 2 bridgehead atoms. The van der Waals surface area contributed by atoms with E-state index in [0.717, 1.165) is 19.3 Å². The van der Waals surface area contributed by atoms with Crippen molar-refractivity contribution in [3.63, 3.8) is 0 Å². The van der Waals surface area contributed by atoms with E-state index in [1.807, 2.05) is 0 Å². The number of allylic oxidation sites excluding steroid dienone is 2. The molecule has 4 nitrogen and oxygen atoms in total. The first-order valence-electron chi connectivity index (χ1n) is 12.0. The Morgan fingerprint density at radius 1 is 0.862 bits per heavy atom. The lowest BCUT2D eigenvalue weighted by Gasteiger charge is -2.24. The number of aliphatic carboxylic acids is 1. The number of fused-ring (bicyclic) bond motifs is 5. The quantitative estimate of drug-likeness (QED) is 0.180. The van der Waals surface area contributed by atoms with Crippen LogP contribution in [0.15, 0.2) is 12.2 Å². The summed E-state index contributed by atoms with van der Waals surface area (Å²) in [5.74, 6) is 2.96. The highest BCUT2D eigenvalue weighted by Crippen LogP contribution is 2.55. The van der Waals surface area contributed by atoms with Gasteiger partial charge in [-0.15, -0.1) is 0 Å². The fourth-order valence-corrected chi connectivity index (χ4v) is 6.29. The summed E-state index contributed by atoms with van der Waals surface area (Å²) in [5, 5.41) is 8.72. The van der Waals surface area contributed by atoms with E-state index < -0.39 is 5.97 Å².